The SMILES string of the molecule is CC1(C)CN(C(=O)N2CCC[C@@H](C(=O)O)C2)CCS1. The van der Waals surface area contributed by atoms with Crippen LogP contribution in [0, 0.1) is 5.92 Å². The van der Waals surface area contributed by atoms with Crippen LogP contribution in [0.2, 0.25) is 0 Å². The predicted octanol–water partition coefficient (Wildman–Crippen LogP) is 1.73. The quantitative estimate of drug-likeness (QED) is 0.797. The van der Waals surface area contributed by atoms with E-state index in [1.807, 2.05) is 16.7 Å². The summed E-state index contributed by atoms with van der Waals surface area (Å²) in [6, 6.07) is 0.0133. The highest BCUT2D eigenvalue weighted by Crippen LogP contribution is 2.30. The van der Waals surface area contributed by atoms with Gasteiger partial charge in [0.05, 0.1) is 5.92 Å². The number of rotatable bonds is 1. The number of hydrogen-bond donors (Lipinski definition) is 1. The summed E-state index contributed by atoms with van der Waals surface area (Å²) in [6.07, 6.45) is 1.47. The van der Waals surface area contributed by atoms with Gasteiger partial charge in [-0.2, -0.15) is 11.8 Å². The van der Waals surface area contributed by atoms with E-state index in [0.29, 0.717) is 19.5 Å². The third-order valence-corrected chi connectivity index (χ3v) is 5.03. The van der Waals surface area contributed by atoms with E-state index in [1.165, 1.54) is 0 Å². The molecule has 5 nitrogen and oxygen atoms in total. The molecular formula is C13H22N2O3S. The average molecular weight is 286 g/mol. The molecule has 0 spiro atoms. The highest BCUT2D eigenvalue weighted by Gasteiger charge is 2.34. The number of hydrogen-bond acceptors (Lipinski definition) is 3. The van der Waals surface area contributed by atoms with Crippen molar-refractivity contribution in [3.05, 3.63) is 0 Å². The minimum atomic E-state index is -0.785. The molecule has 0 bridgehead atoms. The average Bonchev–Trinajstić information content (AvgIpc) is 2.37. The third-order valence-electron chi connectivity index (χ3n) is 3.74. The maximum atomic E-state index is 12.5. The molecule has 0 radical (unpaired) electrons. The predicted molar refractivity (Wildman–Crippen MR) is 75.4 cm³/mol. The second-order valence-electron chi connectivity index (χ2n) is 5.94. The van der Waals surface area contributed by atoms with Gasteiger partial charge in [-0.3, -0.25) is 4.79 Å². The van der Waals surface area contributed by atoms with E-state index in [0.717, 1.165) is 25.3 Å². The zero-order chi connectivity index (χ0) is 14.0. The van der Waals surface area contributed by atoms with Gasteiger partial charge in [0.15, 0.2) is 0 Å². The Labute approximate surface area is 118 Å². The molecule has 19 heavy (non-hydrogen) atoms. The highest BCUT2D eigenvalue weighted by molar-refractivity contribution is 8.00. The third kappa shape index (κ3) is 3.55. The van der Waals surface area contributed by atoms with Crippen molar-refractivity contribution in [3.63, 3.8) is 0 Å². The second kappa shape index (κ2) is 5.61. The standard InChI is InChI=1S/C13H22N2O3S/c1-13(2)9-15(6-7-19-13)12(18)14-5-3-4-10(8-14)11(16)17/h10H,3-9H2,1-2H3,(H,16,17)/t10-/m1/s1. The first-order valence-electron chi connectivity index (χ1n) is 6.80. The summed E-state index contributed by atoms with van der Waals surface area (Å²) in [5.74, 6) is -0.230. The first-order valence-corrected chi connectivity index (χ1v) is 7.78. The van der Waals surface area contributed by atoms with Crippen molar-refractivity contribution in [1.82, 2.24) is 9.80 Å². The lowest BCUT2D eigenvalue weighted by Crippen LogP contribution is -2.54. The monoisotopic (exact) mass is 286 g/mol. The molecule has 2 rings (SSSR count). The van der Waals surface area contributed by atoms with Crippen LogP contribution < -0.4 is 0 Å². The normalized spacial score (nSPS) is 27.2. The lowest BCUT2D eigenvalue weighted by Gasteiger charge is -2.41. The number of nitrogens with zero attached hydrogens (tertiary/aromatic N) is 2. The summed E-state index contributed by atoms with van der Waals surface area (Å²) in [5.41, 5.74) is 0. The van der Waals surface area contributed by atoms with E-state index >= 15 is 0 Å². The van der Waals surface area contributed by atoms with Gasteiger partial charge < -0.3 is 14.9 Å². The van der Waals surface area contributed by atoms with Gasteiger partial charge in [0, 0.05) is 36.7 Å². The Morgan fingerprint density at radius 1 is 1.26 bits per heavy atom. The smallest absolute Gasteiger partial charge is 0.320 e. The minimum absolute atomic E-state index is 0.0133. The maximum Gasteiger partial charge on any atom is 0.320 e. The minimum Gasteiger partial charge on any atom is -0.481 e. The van der Waals surface area contributed by atoms with Crippen LogP contribution in [0.25, 0.3) is 0 Å². The molecule has 2 fully saturated rings. The summed E-state index contributed by atoms with van der Waals surface area (Å²) in [5, 5.41) is 9.08. The second-order valence-corrected chi connectivity index (χ2v) is 7.74. The van der Waals surface area contributed by atoms with Crippen LogP contribution in [-0.4, -0.2) is 63.6 Å². The van der Waals surface area contributed by atoms with Crippen LogP contribution in [0.1, 0.15) is 26.7 Å². The number of thioether (sulfide) groups is 1. The molecule has 0 aromatic rings. The Balaban J connectivity index is 1.97. The van der Waals surface area contributed by atoms with Crippen LogP contribution in [0.3, 0.4) is 0 Å². The van der Waals surface area contributed by atoms with Crippen molar-refractivity contribution in [2.24, 2.45) is 5.92 Å². The number of amides is 2. The summed E-state index contributed by atoms with van der Waals surface area (Å²) in [6.45, 7) is 6.84. The molecule has 108 valence electrons. The van der Waals surface area contributed by atoms with E-state index in [2.05, 4.69) is 13.8 Å². The van der Waals surface area contributed by atoms with E-state index in [9.17, 15) is 9.59 Å². The first-order chi connectivity index (χ1) is 8.89. The van der Waals surface area contributed by atoms with E-state index in [1.54, 1.807) is 4.90 Å². The number of likely N-dealkylation sites (tertiary alicyclic amines) is 1. The first kappa shape index (κ1) is 14.5. The van der Waals surface area contributed by atoms with Crippen molar-refractivity contribution in [3.8, 4) is 0 Å². The Bertz CT molecular complexity index is 373. The molecule has 1 N–H and O–H groups in total. The zero-order valence-corrected chi connectivity index (χ0v) is 12.4. The van der Waals surface area contributed by atoms with Gasteiger partial charge >= 0.3 is 12.0 Å². The van der Waals surface area contributed by atoms with Gasteiger partial charge in [-0.05, 0) is 26.7 Å². The fraction of sp³-hybridized carbons (Fsp3) is 0.846. The van der Waals surface area contributed by atoms with Crippen molar-refractivity contribution >= 4 is 23.8 Å². The molecule has 0 saturated carbocycles. The Kier molecular flexibility index (Phi) is 4.28. The van der Waals surface area contributed by atoms with Gasteiger partial charge in [0.2, 0.25) is 0 Å². The van der Waals surface area contributed by atoms with Gasteiger partial charge in [-0.15, -0.1) is 0 Å². The van der Waals surface area contributed by atoms with Crippen molar-refractivity contribution in [2.75, 3.05) is 31.9 Å². The van der Waals surface area contributed by atoms with Gasteiger partial charge in [0.1, 0.15) is 0 Å². The lowest BCUT2D eigenvalue weighted by molar-refractivity contribution is -0.143. The topological polar surface area (TPSA) is 60.9 Å². The molecule has 2 heterocycles. The van der Waals surface area contributed by atoms with Crippen LogP contribution in [0.5, 0.6) is 0 Å². The van der Waals surface area contributed by atoms with Gasteiger partial charge in [-0.1, -0.05) is 0 Å². The van der Waals surface area contributed by atoms with E-state index in [4.69, 9.17) is 5.11 Å². The van der Waals surface area contributed by atoms with E-state index < -0.39 is 11.9 Å². The molecule has 0 aromatic heterocycles. The van der Waals surface area contributed by atoms with Crippen molar-refractivity contribution in [1.29, 1.82) is 0 Å². The summed E-state index contributed by atoms with van der Waals surface area (Å²) in [7, 11) is 0. The number of carbonyl (C=O) groups is 2. The largest absolute Gasteiger partial charge is 0.481 e. The van der Waals surface area contributed by atoms with Crippen LogP contribution in [0.15, 0.2) is 0 Å². The Morgan fingerprint density at radius 2 is 2.00 bits per heavy atom. The number of carboxylic acid groups (broad SMARTS) is 1. The fourth-order valence-corrected chi connectivity index (χ4v) is 3.84. The van der Waals surface area contributed by atoms with Crippen LogP contribution in [-0.2, 0) is 4.79 Å². The van der Waals surface area contributed by atoms with Crippen molar-refractivity contribution in [2.45, 2.75) is 31.4 Å². The molecule has 0 unspecified atom stereocenters. The summed E-state index contributed by atoms with van der Waals surface area (Å²) < 4.78 is 0.0932. The van der Waals surface area contributed by atoms with Crippen molar-refractivity contribution < 1.29 is 14.7 Å². The molecule has 0 aliphatic carbocycles. The fourth-order valence-electron chi connectivity index (χ4n) is 2.73. The summed E-state index contributed by atoms with van der Waals surface area (Å²) in [4.78, 5) is 27.1. The number of piperidine rings is 1. The van der Waals surface area contributed by atoms with Crippen LogP contribution >= 0.6 is 11.8 Å². The molecule has 2 aliphatic heterocycles. The number of carbonyl (C=O) groups excluding carboxylic acids is 1. The Hall–Kier alpha value is -0.910. The van der Waals surface area contributed by atoms with Crippen LogP contribution in [0.4, 0.5) is 4.79 Å². The highest BCUT2D eigenvalue weighted by atomic mass is 32.2. The molecular weight excluding hydrogens is 264 g/mol. The Morgan fingerprint density at radius 3 is 2.63 bits per heavy atom. The number of aliphatic carboxylic acids is 1. The molecule has 0 aromatic carbocycles. The lowest BCUT2D eigenvalue weighted by atomic mass is 9.98. The van der Waals surface area contributed by atoms with Gasteiger partial charge in [-0.25, -0.2) is 4.79 Å². The van der Waals surface area contributed by atoms with Gasteiger partial charge in [0.25, 0.3) is 0 Å². The zero-order valence-electron chi connectivity index (χ0n) is 11.6. The molecule has 1 atom stereocenters. The maximum absolute atomic E-state index is 12.5. The number of carboxylic acids is 1. The molecule has 2 saturated heterocycles. The molecule has 2 amide bonds. The molecule has 2 aliphatic rings. The molecule has 6 heteroatoms. The number of urea groups is 1. The summed E-state index contributed by atoms with van der Waals surface area (Å²) >= 11 is 1.89. The van der Waals surface area contributed by atoms with E-state index in [-0.39, 0.29) is 10.8 Å².